The van der Waals surface area contributed by atoms with Gasteiger partial charge in [0, 0.05) is 19.1 Å². The number of carbonyl (C=O) groups excluding carboxylic acids is 1. The molecular formula is C21H29Cl2N3O. The maximum Gasteiger partial charge on any atom is 0.237 e. The molecule has 1 fully saturated rings. The van der Waals surface area contributed by atoms with Crippen LogP contribution in [0.3, 0.4) is 0 Å². The number of nitrogens with zero attached hydrogens (tertiary/aromatic N) is 1. The number of likely N-dealkylation sites (tertiary alicyclic amines) is 1. The number of amides is 1. The summed E-state index contributed by atoms with van der Waals surface area (Å²) in [4.78, 5) is 14.8. The minimum atomic E-state index is -0.494. The lowest BCUT2D eigenvalue weighted by atomic mass is 10.0. The van der Waals surface area contributed by atoms with Gasteiger partial charge in [0.25, 0.3) is 0 Å². The number of hydrogen-bond donors (Lipinski definition) is 2. The first-order chi connectivity index (χ1) is 12.2. The Morgan fingerprint density at radius 2 is 1.63 bits per heavy atom. The average molecular weight is 410 g/mol. The normalized spacial score (nSPS) is 17.9. The second-order valence-electron chi connectivity index (χ2n) is 6.86. The van der Waals surface area contributed by atoms with Crippen LogP contribution in [0.1, 0.15) is 24.0 Å². The predicted octanol–water partition coefficient (Wildman–Crippen LogP) is 3.18. The standard InChI is InChI=1S/C21H27N3O.2ClH/c22-20(14-17-8-3-1-4-9-17)21(25)23-19-12-7-13-24(16-19)15-18-10-5-2-6-11-18;;/h1-6,8-11,19-20H,7,12-16,22H2,(H,23,25);2*1H. The molecule has 1 heterocycles. The molecule has 0 saturated carbocycles. The van der Waals surface area contributed by atoms with Gasteiger partial charge < -0.3 is 11.1 Å². The lowest BCUT2D eigenvalue weighted by Gasteiger charge is -2.33. The molecule has 1 amide bonds. The molecule has 3 N–H and O–H groups in total. The van der Waals surface area contributed by atoms with Gasteiger partial charge in [0.15, 0.2) is 0 Å². The molecule has 6 heteroatoms. The van der Waals surface area contributed by atoms with Crippen LogP contribution >= 0.6 is 24.8 Å². The number of nitrogens with two attached hydrogens (primary N) is 1. The fourth-order valence-corrected chi connectivity index (χ4v) is 3.43. The summed E-state index contributed by atoms with van der Waals surface area (Å²) in [5, 5.41) is 3.15. The Morgan fingerprint density at radius 1 is 1.04 bits per heavy atom. The third-order valence-corrected chi connectivity index (χ3v) is 4.74. The predicted molar refractivity (Wildman–Crippen MR) is 116 cm³/mol. The van der Waals surface area contributed by atoms with E-state index in [-0.39, 0.29) is 36.8 Å². The summed E-state index contributed by atoms with van der Waals surface area (Å²) < 4.78 is 0. The Hall–Kier alpha value is -1.59. The molecule has 2 unspecified atom stereocenters. The number of nitrogens with one attached hydrogen (secondary N) is 1. The fraction of sp³-hybridized carbons (Fsp3) is 0.381. The molecule has 2 atom stereocenters. The van der Waals surface area contributed by atoms with E-state index in [1.54, 1.807) is 0 Å². The Bertz CT molecular complexity index is 670. The summed E-state index contributed by atoms with van der Waals surface area (Å²) in [6, 6.07) is 20.1. The van der Waals surface area contributed by atoms with Crippen LogP contribution in [0.4, 0.5) is 0 Å². The minimum Gasteiger partial charge on any atom is -0.351 e. The van der Waals surface area contributed by atoms with Crippen molar-refractivity contribution < 1.29 is 4.79 Å². The lowest BCUT2D eigenvalue weighted by Crippen LogP contribution is -2.52. The monoisotopic (exact) mass is 409 g/mol. The van der Waals surface area contributed by atoms with Gasteiger partial charge in [-0.1, -0.05) is 60.7 Å². The third-order valence-electron chi connectivity index (χ3n) is 4.74. The number of carbonyl (C=O) groups is 1. The maximum absolute atomic E-state index is 12.4. The van der Waals surface area contributed by atoms with Crippen LogP contribution in [0.5, 0.6) is 0 Å². The van der Waals surface area contributed by atoms with Crippen molar-refractivity contribution in [3.63, 3.8) is 0 Å². The van der Waals surface area contributed by atoms with Crippen molar-refractivity contribution in [3.05, 3.63) is 71.8 Å². The summed E-state index contributed by atoms with van der Waals surface area (Å²) in [6.07, 6.45) is 2.70. The molecule has 1 aliphatic rings. The lowest BCUT2D eigenvalue weighted by molar-refractivity contribution is -0.123. The van der Waals surface area contributed by atoms with Crippen molar-refractivity contribution in [2.45, 2.75) is 37.9 Å². The third kappa shape index (κ3) is 7.51. The van der Waals surface area contributed by atoms with Crippen LogP contribution in [-0.2, 0) is 17.8 Å². The molecule has 0 spiro atoms. The molecule has 0 aliphatic carbocycles. The molecule has 0 radical (unpaired) electrons. The highest BCUT2D eigenvalue weighted by Gasteiger charge is 2.23. The highest BCUT2D eigenvalue weighted by atomic mass is 35.5. The van der Waals surface area contributed by atoms with Gasteiger partial charge in [-0.05, 0) is 36.9 Å². The van der Waals surface area contributed by atoms with E-state index < -0.39 is 6.04 Å². The van der Waals surface area contributed by atoms with Gasteiger partial charge in [-0.15, -0.1) is 24.8 Å². The molecule has 2 aromatic rings. The van der Waals surface area contributed by atoms with Gasteiger partial charge in [-0.3, -0.25) is 9.69 Å². The van der Waals surface area contributed by atoms with E-state index in [2.05, 4.69) is 34.5 Å². The topological polar surface area (TPSA) is 58.4 Å². The number of piperidine rings is 1. The average Bonchev–Trinajstić information content (AvgIpc) is 2.63. The van der Waals surface area contributed by atoms with Crippen LogP contribution in [0.15, 0.2) is 60.7 Å². The molecular weight excluding hydrogens is 381 g/mol. The smallest absolute Gasteiger partial charge is 0.237 e. The van der Waals surface area contributed by atoms with Gasteiger partial charge in [0.2, 0.25) is 5.91 Å². The van der Waals surface area contributed by atoms with Crippen molar-refractivity contribution in [2.75, 3.05) is 13.1 Å². The molecule has 148 valence electrons. The van der Waals surface area contributed by atoms with Crippen molar-refractivity contribution >= 4 is 30.7 Å². The van der Waals surface area contributed by atoms with Crippen LogP contribution < -0.4 is 11.1 Å². The van der Waals surface area contributed by atoms with E-state index in [1.807, 2.05) is 36.4 Å². The Morgan fingerprint density at radius 3 is 2.26 bits per heavy atom. The number of benzene rings is 2. The maximum atomic E-state index is 12.4. The number of halogens is 2. The molecule has 3 rings (SSSR count). The Balaban J connectivity index is 0.00000182. The zero-order valence-corrected chi connectivity index (χ0v) is 17.1. The molecule has 27 heavy (non-hydrogen) atoms. The van der Waals surface area contributed by atoms with E-state index >= 15 is 0 Å². The van der Waals surface area contributed by atoms with Gasteiger partial charge in [-0.2, -0.15) is 0 Å². The summed E-state index contributed by atoms with van der Waals surface area (Å²) in [5.41, 5.74) is 8.51. The number of rotatable bonds is 6. The second kappa shape index (κ2) is 12.0. The first kappa shape index (κ1) is 23.4. The van der Waals surface area contributed by atoms with E-state index in [4.69, 9.17) is 5.73 Å². The van der Waals surface area contributed by atoms with Crippen molar-refractivity contribution in [1.29, 1.82) is 0 Å². The molecule has 4 nitrogen and oxygen atoms in total. The zero-order valence-electron chi connectivity index (χ0n) is 15.4. The Kier molecular flexibility index (Phi) is 10.4. The summed E-state index contributed by atoms with van der Waals surface area (Å²) >= 11 is 0. The van der Waals surface area contributed by atoms with Crippen LogP contribution in [0.25, 0.3) is 0 Å². The molecule has 0 bridgehead atoms. The van der Waals surface area contributed by atoms with E-state index in [0.717, 1.165) is 38.0 Å². The van der Waals surface area contributed by atoms with Crippen molar-refractivity contribution in [2.24, 2.45) is 5.73 Å². The molecule has 0 aromatic heterocycles. The van der Waals surface area contributed by atoms with Gasteiger partial charge in [0.05, 0.1) is 6.04 Å². The summed E-state index contributed by atoms with van der Waals surface area (Å²) in [5.74, 6) is -0.0459. The van der Waals surface area contributed by atoms with Crippen molar-refractivity contribution in [3.8, 4) is 0 Å². The fourth-order valence-electron chi connectivity index (χ4n) is 3.43. The van der Waals surface area contributed by atoms with Gasteiger partial charge >= 0.3 is 0 Å². The van der Waals surface area contributed by atoms with Crippen LogP contribution in [0, 0.1) is 0 Å². The molecule has 1 aliphatic heterocycles. The highest BCUT2D eigenvalue weighted by molar-refractivity contribution is 5.85. The first-order valence-corrected chi connectivity index (χ1v) is 9.07. The highest BCUT2D eigenvalue weighted by Crippen LogP contribution is 2.14. The number of hydrogen-bond acceptors (Lipinski definition) is 3. The summed E-state index contributed by atoms with van der Waals surface area (Å²) in [6.45, 7) is 2.90. The van der Waals surface area contributed by atoms with Crippen LogP contribution in [0.2, 0.25) is 0 Å². The minimum absolute atomic E-state index is 0. The zero-order chi connectivity index (χ0) is 17.5. The second-order valence-corrected chi connectivity index (χ2v) is 6.86. The first-order valence-electron chi connectivity index (χ1n) is 9.07. The largest absolute Gasteiger partial charge is 0.351 e. The van der Waals surface area contributed by atoms with Gasteiger partial charge in [0.1, 0.15) is 0 Å². The van der Waals surface area contributed by atoms with E-state index in [1.165, 1.54) is 5.56 Å². The summed E-state index contributed by atoms with van der Waals surface area (Å²) in [7, 11) is 0. The quantitative estimate of drug-likeness (QED) is 0.769. The Labute approximate surface area is 174 Å². The van der Waals surface area contributed by atoms with Crippen LogP contribution in [-0.4, -0.2) is 36.0 Å². The SMILES string of the molecule is Cl.Cl.NC(Cc1ccccc1)C(=O)NC1CCCN(Cc2ccccc2)C1. The molecule has 2 aromatic carbocycles. The molecule has 1 saturated heterocycles. The van der Waals surface area contributed by atoms with E-state index in [0.29, 0.717) is 6.42 Å². The van der Waals surface area contributed by atoms with E-state index in [9.17, 15) is 4.79 Å². The van der Waals surface area contributed by atoms with Gasteiger partial charge in [-0.25, -0.2) is 0 Å². The van der Waals surface area contributed by atoms with Crippen molar-refractivity contribution in [1.82, 2.24) is 10.2 Å².